The van der Waals surface area contributed by atoms with E-state index in [0.29, 0.717) is 19.3 Å². The SMILES string of the molecule is CCCC[C@H](NS(=O)(=O)CCc1ccncc1)C(=O)O. The van der Waals surface area contributed by atoms with Crippen molar-refractivity contribution < 1.29 is 18.3 Å². The molecule has 7 heteroatoms. The zero-order valence-electron chi connectivity index (χ0n) is 11.4. The largest absolute Gasteiger partial charge is 0.480 e. The number of hydrogen-bond donors (Lipinski definition) is 2. The quantitative estimate of drug-likeness (QED) is 0.714. The molecule has 0 aliphatic heterocycles. The highest BCUT2D eigenvalue weighted by Crippen LogP contribution is 2.05. The summed E-state index contributed by atoms with van der Waals surface area (Å²) in [4.78, 5) is 14.9. The Balaban J connectivity index is 2.56. The summed E-state index contributed by atoms with van der Waals surface area (Å²) in [5, 5.41) is 9.01. The summed E-state index contributed by atoms with van der Waals surface area (Å²) in [5.74, 6) is -1.27. The molecule has 6 nitrogen and oxygen atoms in total. The molecule has 0 aliphatic carbocycles. The normalized spacial score (nSPS) is 13.1. The summed E-state index contributed by atoms with van der Waals surface area (Å²) < 4.78 is 26.0. The lowest BCUT2D eigenvalue weighted by molar-refractivity contribution is -0.139. The number of carboxylic acids is 1. The number of nitrogens with one attached hydrogen (secondary N) is 1. The van der Waals surface area contributed by atoms with Crippen molar-refractivity contribution in [2.45, 2.75) is 38.6 Å². The van der Waals surface area contributed by atoms with Crippen molar-refractivity contribution in [3.05, 3.63) is 30.1 Å². The number of aliphatic carboxylic acids is 1. The highest BCUT2D eigenvalue weighted by molar-refractivity contribution is 7.89. The van der Waals surface area contributed by atoms with E-state index in [-0.39, 0.29) is 5.75 Å². The fourth-order valence-corrected chi connectivity index (χ4v) is 2.99. The van der Waals surface area contributed by atoms with E-state index in [1.165, 1.54) is 0 Å². The maximum atomic E-state index is 11.9. The van der Waals surface area contributed by atoms with Crippen molar-refractivity contribution in [3.8, 4) is 0 Å². The highest BCUT2D eigenvalue weighted by Gasteiger charge is 2.23. The fraction of sp³-hybridized carbons (Fsp3) is 0.538. The van der Waals surface area contributed by atoms with Gasteiger partial charge in [-0.3, -0.25) is 9.78 Å². The van der Waals surface area contributed by atoms with Crippen LogP contribution in [0.1, 0.15) is 31.7 Å². The Kier molecular flexibility index (Phi) is 6.60. The lowest BCUT2D eigenvalue weighted by Crippen LogP contribution is -2.42. The molecule has 20 heavy (non-hydrogen) atoms. The average molecular weight is 300 g/mol. The van der Waals surface area contributed by atoms with Crippen LogP contribution in [0, 0.1) is 0 Å². The van der Waals surface area contributed by atoms with Crippen LogP contribution in [0.4, 0.5) is 0 Å². The van der Waals surface area contributed by atoms with Crippen molar-refractivity contribution >= 4 is 16.0 Å². The molecule has 1 aromatic heterocycles. The van der Waals surface area contributed by atoms with Crippen LogP contribution in [0.15, 0.2) is 24.5 Å². The van der Waals surface area contributed by atoms with Crippen molar-refractivity contribution in [2.75, 3.05) is 5.75 Å². The number of pyridine rings is 1. The van der Waals surface area contributed by atoms with E-state index in [9.17, 15) is 13.2 Å². The predicted molar refractivity (Wildman–Crippen MR) is 75.8 cm³/mol. The van der Waals surface area contributed by atoms with Gasteiger partial charge in [0.2, 0.25) is 10.0 Å². The van der Waals surface area contributed by atoms with E-state index in [0.717, 1.165) is 12.0 Å². The second kappa shape index (κ2) is 7.96. The fourth-order valence-electron chi connectivity index (χ4n) is 1.72. The highest BCUT2D eigenvalue weighted by atomic mass is 32.2. The molecular weight excluding hydrogens is 280 g/mol. The molecule has 0 amide bonds. The molecule has 0 bridgehead atoms. The number of carbonyl (C=O) groups is 1. The molecule has 0 spiro atoms. The zero-order chi connectivity index (χ0) is 15.0. The van der Waals surface area contributed by atoms with Gasteiger partial charge in [0.15, 0.2) is 0 Å². The molecule has 2 N–H and O–H groups in total. The molecule has 0 saturated carbocycles. The lowest BCUT2D eigenvalue weighted by atomic mass is 10.1. The lowest BCUT2D eigenvalue weighted by Gasteiger charge is -2.14. The smallest absolute Gasteiger partial charge is 0.321 e. The Morgan fingerprint density at radius 3 is 2.60 bits per heavy atom. The van der Waals surface area contributed by atoms with Crippen LogP contribution in [0.3, 0.4) is 0 Å². The minimum absolute atomic E-state index is 0.132. The monoisotopic (exact) mass is 300 g/mol. The summed E-state index contributed by atoms with van der Waals surface area (Å²) in [6.07, 6.45) is 5.32. The first kappa shape index (κ1) is 16.6. The first-order chi connectivity index (χ1) is 9.44. The van der Waals surface area contributed by atoms with Gasteiger partial charge in [-0.1, -0.05) is 19.8 Å². The Morgan fingerprint density at radius 2 is 2.05 bits per heavy atom. The zero-order valence-corrected chi connectivity index (χ0v) is 12.3. The first-order valence-corrected chi connectivity index (χ1v) is 8.21. The molecule has 0 fully saturated rings. The van der Waals surface area contributed by atoms with Gasteiger partial charge in [-0.05, 0) is 30.5 Å². The van der Waals surface area contributed by atoms with Crippen LogP contribution < -0.4 is 4.72 Å². The number of unbranched alkanes of at least 4 members (excludes halogenated alkanes) is 1. The van der Waals surface area contributed by atoms with Gasteiger partial charge in [0, 0.05) is 12.4 Å². The maximum Gasteiger partial charge on any atom is 0.321 e. The van der Waals surface area contributed by atoms with E-state index < -0.39 is 22.0 Å². The summed E-state index contributed by atoms with van der Waals surface area (Å²) in [6.45, 7) is 1.93. The average Bonchev–Trinajstić information content (AvgIpc) is 2.42. The minimum Gasteiger partial charge on any atom is -0.480 e. The predicted octanol–water partition coefficient (Wildman–Crippen LogP) is 1.19. The third-order valence-electron chi connectivity index (χ3n) is 2.88. The van der Waals surface area contributed by atoms with Gasteiger partial charge in [0.05, 0.1) is 5.75 Å². The van der Waals surface area contributed by atoms with Gasteiger partial charge in [-0.15, -0.1) is 0 Å². The number of sulfonamides is 1. The summed E-state index contributed by atoms with van der Waals surface area (Å²) in [5.41, 5.74) is 0.853. The van der Waals surface area contributed by atoms with Gasteiger partial charge < -0.3 is 5.11 Å². The third-order valence-corrected chi connectivity index (χ3v) is 4.26. The number of aryl methyl sites for hydroxylation is 1. The Bertz CT molecular complexity index is 516. The van der Waals surface area contributed by atoms with Crippen LogP contribution in [0.25, 0.3) is 0 Å². The number of carboxylic acid groups (broad SMARTS) is 1. The van der Waals surface area contributed by atoms with Crippen LogP contribution in [-0.4, -0.2) is 36.3 Å². The molecule has 0 saturated heterocycles. The molecule has 1 atom stereocenters. The molecule has 0 unspecified atom stereocenters. The van der Waals surface area contributed by atoms with E-state index in [2.05, 4.69) is 9.71 Å². The topological polar surface area (TPSA) is 96.4 Å². The summed E-state index contributed by atoms with van der Waals surface area (Å²) in [6, 6.07) is 2.43. The van der Waals surface area contributed by atoms with Crippen LogP contribution >= 0.6 is 0 Å². The number of hydrogen-bond acceptors (Lipinski definition) is 4. The van der Waals surface area contributed by atoms with E-state index in [1.54, 1.807) is 24.5 Å². The van der Waals surface area contributed by atoms with Gasteiger partial charge in [0.1, 0.15) is 6.04 Å². The minimum atomic E-state index is -3.61. The van der Waals surface area contributed by atoms with Crippen LogP contribution in [-0.2, 0) is 21.2 Å². The molecule has 0 aromatic carbocycles. The van der Waals surface area contributed by atoms with Crippen LogP contribution in [0.5, 0.6) is 0 Å². The Morgan fingerprint density at radius 1 is 1.40 bits per heavy atom. The first-order valence-electron chi connectivity index (χ1n) is 6.56. The number of aromatic nitrogens is 1. The maximum absolute atomic E-state index is 11.9. The molecule has 112 valence electrons. The van der Waals surface area contributed by atoms with Gasteiger partial charge in [-0.2, -0.15) is 0 Å². The Hall–Kier alpha value is -1.47. The van der Waals surface area contributed by atoms with Crippen molar-refractivity contribution in [1.82, 2.24) is 9.71 Å². The summed E-state index contributed by atoms with van der Waals surface area (Å²) in [7, 11) is -3.61. The van der Waals surface area contributed by atoms with E-state index in [4.69, 9.17) is 5.11 Å². The van der Waals surface area contributed by atoms with Crippen molar-refractivity contribution in [3.63, 3.8) is 0 Å². The second-order valence-corrected chi connectivity index (χ2v) is 6.45. The molecule has 1 heterocycles. The van der Waals surface area contributed by atoms with Crippen molar-refractivity contribution in [1.29, 1.82) is 0 Å². The standard InChI is InChI=1S/C13H20N2O4S/c1-2-3-4-12(13(16)17)15-20(18,19)10-7-11-5-8-14-9-6-11/h5-6,8-9,12,15H,2-4,7,10H2,1H3,(H,16,17)/t12-/m0/s1. The van der Waals surface area contributed by atoms with Crippen LogP contribution in [0.2, 0.25) is 0 Å². The second-order valence-electron chi connectivity index (χ2n) is 4.58. The molecule has 0 radical (unpaired) electrons. The Labute approximate surface area is 119 Å². The molecule has 1 aromatic rings. The summed E-state index contributed by atoms with van der Waals surface area (Å²) >= 11 is 0. The van der Waals surface area contributed by atoms with E-state index >= 15 is 0 Å². The molecular formula is C13H20N2O4S. The number of rotatable bonds is 9. The molecule has 0 aliphatic rings. The molecule has 1 rings (SSSR count). The van der Waals surface area contributed by atoms with Gasteiger partial charge in [0.25, 0.3) is 0 Å². The van der Waals surface area contributed by atoms with E-state index in [1.807, 2.05) is 6.92 Å². The van der Waals surface area contributed by atoms with Gasteiger partial charge >= 0.3 is 5.97 Å². The van der Waals surface area contributed by atoms with Gasteiger partial charge in [-0.25, -0.2) is 13.1 Å². The van der Waals surface area contributed by atoms with Crippen molar-refractivity contribution in [2.24, 2.45) is 0 Å². The number of nitrogens with zero attached hydrogens (tertiary/aromatic N) is 1. The third kappa shape index (κ3) is 6.12.